The van der Waals surface area contributed by atoms with Crippen molar-refractivity contribution in [2.75, 3.05) is 39.8 Å². The van der Waals surface area contributed by atoms with Gasteiger partial charge in [-0.3, -0.25) is 14.4 Å². The van der Waals surface area contributed by atoms with Crippen LogP contribution in [0.25, 0.3) is 0 Å². The SMILES string of the molecule is COCC(=O)Nc1ccc2c(c1)C(=O)N(C)[C@@H]1CC[C@H](CC(=O)OC)O[C@@H]1CO2. The second kappa shape index (κ2) is 9.23. The fourth-order valence-electron chi connectivity index (χ4n) is 3.70. The van der Waals surface area contributed by atoms with Crippen molar-refractivity contribution in [2.24, 2.45) is 0 Å². The van der Waals surface area contributed by atoms with Crippen LogP contribution in [-0.4, -0.2) is 75.4 Å². The number of methoxy groups -OCH3 is 2. The topological polar surface area (TPSA) is 103 Å². The summed E-state index contributed by atoms with van der Waals surface area (Å²) < 4.78 is 21.4. The molecule has 9 heteroatoms. The van der Waals surface area contributed by atoms with Gasteiger partial charge in [0.1, 0.15) is 25.1 Å². The number of carbonyl (C=O) groups is 3. The van der Waals surface area contributed by atoms with Gasteiger partial charge in [0.25, 0.3) is 5.91 Å². The number of likely N-dealkylation sites (N-methyl/N-ethyl adjacent to an activating group) is 1. The molecule has 0 unspecified atom stereocenters. The molecule has 2 heterocycles. The standard InChI is InChI=1S/C20H26N2O7/c1-22-15-6-5-13(9-19(24)27-3)29-17(15)10-28-16-7-4-12(8-14(16)20(22)25)21-18(23)11-26-2/h4,7-8,13,15,17H,5-6,9-11H2,1-3H3,(H,21,23)/t13-,15-,17-/m1/s1. The molecule has 0 radical (unpaired) electrons. The zero-order valence-corrected chi connectivity index (χ0v) is 16.8. The smallest absolute Gasteiger partial charge is 0.308 e. The fourth-order valence-corrected chi connectivity index (χ4v) is 3.70. The van der Waals surface area contributed by atoms with Crippen LogP contribution in [0.15, 0.2) is 18.2 Å². The number of nitrogens with one attached hydrogen (secondary N) is 1. The van der Waals surface area contributed by atoms with E-state index in [4.69, 9.17) is 18.9 Å². The number of carbonyl (C=O) groups excluding carboxylic acids is 3. The predicted octanol–water partition coefficient (Wildman–Crippen LogP) is 1.22. The Bertz CT molecular complexity index is 782. The maximum atomic E-state index is 13.1. The molecule has 3 rings (SSSR count). The lowest BCUT2D eigenvalue weighted by molar-refractivity contribution is -0.151. The van der Waals surface area contributed by atoms with Gasteiger partial charge in [0, 0.05) is 19.8 Å². The highest BCUT2D eigenvalue weighted by Crippen LogP contribution is 2.32. The molecule has 0 bridgehead atoms. The summed E-state index contributed by atoms with van der Waals surface area (Å²) >= 11 is 0. The van der Waals surface area contributed by atoms with Crippen LogP contribution in [0.1, 0.15) is 29.6 Å². The average Bonchev–Trinajstić information content (AvgIpc) is 2.71. The third-order valence-electron chi connectivity index (χ3n) is 5.19. The lowest BCUT2D eigenvalue weighted by atomic mass is 9.94. The highest BCUT2D eigenvalue weighted by Gasteiger charge is 2.39. The van der Waals surface area contributed by atoms with Crippen LogP contribution in [0.5, 0.6) is 5.75 Å². The van der Waals surface area contributed by atoms with Crippen LogP contribution in [0, 0.1) is 0 Å². The Labute approximate surface area is 169 Å². The summed E-state index contributed by atoms with van der Waals surface area (Å²) in [6.45, 7) is 0.178. The largest absolute Gasteiger partial charge is 0.490 e. The monoisotopic (exact) mass is 406 g/mol. The van der Waals surface area contributed by atoms with Gasteiger partial charge in [0.05, 0.1) is 31.2 Å². The van der Waals surface area contributed by atoms with E-state index in [1.807, 2.05) is 0 Å². The molecule has 1 saturated heterocycles. The van der Waals surface area contributed by atoms with E-state index in [1.165, 1.54) is 14.2 Å². The van der Waals surface area contributed by atoms with E-state index in [2.05, 4.69) is 5.32 Å². The number of rotatable bonds is 5. The summed E-state index contributed by atoms with van der Waals surface area (Å²) in [6, 6.07) is 4.75. The quantitative estimate of drug-likeness (QED) is 0.733. The summed E-state index contributed by atoms with van der Waals surface area (Å²) in [4.78, 5) is 38.1. The zero-order valence-electron chi connectivity index (χ0n) is 16.8. The number of hydrogen-bond acceptors (Lipinski definition) is 7. The van der Waals surface area contributed by atoms with Crippen LogP contribution in [0.3, 0.4) is 0 Å². The molecule has 2 amide bonds. The zero-order chi connectivity index (χ0) is 21.0. The van der Waals surface area contributed by atoms with Crippen LogP contribution < -0.4 is 10.1 Å². The number of benzene rings is 1. The van der Waals surface area contributed by atoms with E-state index in [0.29, 0.717) is 29.8 Å². The molecular weight excluding hydrogens is 380 g/mol. The van der Waals surface area contributed by atoms with Gasteiger partial charge in [0.2, 0.25) is 5.91 Å². The summed E-state index contributed by atoms with van der Waals surface area (Å²) in [7, 11) is 4.52. The molecule has 2 aliphatic heterocycles. The number of ether oxygens (including phenoxy) is 4. The Morgan fingerprint density at radius 3 is 2.79 bits per heavy atom. The maximum Gasteiger partial charge on any atom is 0.308 e. The van der Waals surface area contributed by atoms with Crippen LogP contribution in [0.2, 0.25) is 0 Å². The first-order valence-corrected chi connectivity index (χ1v) is 9.48. The van der Waals surface area contributed by atoms with Gasteiger partial charge in [-0.1, -0.05) is 0 Å². The molecule has 0 spiro atoms. The van der Waals surface area contributed by atoms with Crippen molar-refractivity contribution >= 4 is 23.5 Å². The van der Waals surface area contributed by atoms with Crippen molar-refractivity contribution in [1.82, 2.24) is 4.90 Å². The Morgan fingerprint density at radius 1 is 1.28 bits per heavy atom. The van der Waals surface area contributed by atoms with Crippen LogP contribution in [0.4, 0.5) is 5.69 Å². The maximum absolute atomic E-state index is 13.1. The van der Waals surface area contributed by atoms with E-state index in [-0.39, 0.29) is 55.7 Å². The van der Waals surface area contributed by atoms with Crippen molar-refractivity contribution in [3.05, 3.63) is 23.8 Å². The van der Waals surface area contributed by atoms with Crippen molar-refractivity contribution in [3.63, 3.8) is 0 Å². The molecule has 1 aromatic carbocycles. The molecule has 1 N–H and O–H groups in total. The minimum absolute atomic E-state index is 0.0741. The number of esters is 1. The number of fused-ring (bicyclic) bond motifs is 2. The van der Waals surface area contributed by atoms with Gasteiger partial charge in [-0.2, -0.15) is 0 Å². The summed E-state index contributed by atoms with van der Waals surface area (Å²) in [5.41, 5.74) is 0.865. The predicted molar refractivity (Wildman–Crippen MR) is 103 cm³/mol. The molecule has 2 aliphatic rings. The third-order valence-corrected chi connectivity index (χ3v) is 5.19. The Balaban J connectivity index is 1.77. The summed E-state index contributed by atoms with van der Waals surface area (Å²) in [5, 5.41) is 2.69. The summed E-state index contributed by atoms with van der Waals surface area (Å²) in [6.07, 6.45) is 0.916. The number of anilines is 1. The van der Waals surface area contributed by atoms with E-state index in [1.54, 1.807) is 30.1 Å². The Hall–Kier alpha value is -2.65. The number of amides is 2. The molecule has 158 valence electrons. The molecule has 0 aromatic heterocycles. The second-order valence-corrected chi connectivity index (χ2v) is 7.14. The van der Waals surface area contributed by atoms with Gasteiger partial charge < -0.3 is 29.2 Å². The molecule has 3 atom stereocenters. The lowest BCUT2D eigenvalue weighted by Crippen LogP contribution is -2.53. The van der Waals surface area contributed by atoms with E-state index < -0.39 is 0 Å². The number of hydrogen-bond donors (Lipinski definition) is 1. The van der Waals surface area contributed by atoms with Crippen molar-refractivity contribution in [2.45, 2.75) is 37.5 Å². The molecular formula is C20H26N2O7. The average molecular weight is 406 g/mol. The molecule has 29 heavy (non-hydrogen) atoms. The van der Waals surface area contributed by atoms with Crippen LogP contribution >= 0.6 is 0 Å². The van der Waals surface area contributed by atoms with Gasteiger partial charge in [0.15, 0.2) is 0 Å². The first kappa shape index (κ1) is 21.1. The van der Waals surface area contributed by atoms with E-state index >= 15 is 0 Å². The Morgan fingerprint density at radius 2 is 2.07 bits per heavy atom. The molecule has 0 saturated carbocycles. The molecule has 1 aromatic rings. The van der Waals surface area contributed by atoms with E-state index in [0.717, 1.165) is 0 Å². The van der Waals surface area contributed by atoms with Crippen molar-refractivity contribution < 1.29 is 33.3 Å². The second-order valence-electron chi connectivity index (χ2n) is 7.14. The normalized spacial score (nSPS) is 23.8. The third kappa shape index (κ3) is 4.86. The van der Waals surface area contributed by atoms with Gasteiger partial charge in [-0.15, -0.1) is 0 Å². The highest BCUT2D eigenvalue weighted by molar-refractivity contribution is 6.00. The van der Waals surface area contributed by atoms with Crippen LogP contribution in [-0.2, 0) is 23.8 Å². The minimum Gasteiger partial charge on any atom is -0.490 e. The molecule has 0 aliphatic carbocycles. The fraction of sp³-hybridized carbons (Fsp3) is 0.550. The minimum atomic E-state index is -0.346. The van der Waals surface area contributed by atoms with Gasteiger partial charge in [-0.25, -0.2) is 0 Å². The van der Waals surface area contributed by atoms with E-state index in [9.17, 15) is 14.4 Å². The Kier molecular flexibility index (Phi) is 6.71. The van der Waals surface area contributed by atoms with Crippen molar-refractivity contribution in [3.8, 4) is 5.75 Å². The molecule has 1 fully saturated rings. The first-order chi connectivity index (χ1) is 13.9. The molecule has 9 nitrogen and oxygen atoms in total. The van der Waals surface area contributed by atoms with Gasteiger partial charge >= 0.3 is 5.97 Å². The highest BCUT2D eigenvalue weighted by atomic mass is 16.6. The van der Waals surface area contributed by atoms with Crippen molar-refractivity contribution in [1.29, 1.82) is 0 Å². The van der Waals surface area contributed by atoms with Gasteiger partial charge in [-0.05, 0) is 31.0 Å². The first-order valence-electron chi connectivity index (χ1n) is 9.48. The summed E-state index contributed by atoms with van der Waals surface area (Å²) in [5.74, 6) is -0.424. The number of nitrogens with zero attached hydrogens (tertiary/aromatic N) is 1. The lowest BCUT2D eigenvalue weighted by Gasteiger charge is -2.42.